The smallest absolute Gasteiger partial charge is 0.161 e. The number of halogens is 1. The van der Waals surface area contributed by atoms with Gasteiger partial charge in [0.05, 0.1) is 13.2 Å². The Morgan fingerprint density at radius 1 is 1.04 bits per heavy atom. The molecular formula is C22H27ClN4O. The molecule has 0 bridgehead atoms. The van der Waals surface area contributed by atoms with Crippen LogP contribution in [0.2, 0.25) is 5.02 Å². The number of benzene rings is 1. The number of aromatic nitrogens is 2. The molecule has 0 spiro atoms. The van der Waals surface area contributed by atoms with Crippen molar-refractivity contribution in [1.29, 1.82) is 0 Å². The number of ether oxygens (including phenoxy) is 1. The first-order valence-electron chi connectivity index (χ1n) is 10.5. The number of rotatable bonds is 3. The van der Waals surface area contributed by atoms with E-state index in [0.717, 1.165) is 74.5 Å². The summed E-state index contributed by atoms with van der Waals surface area (Å²) in [5, 5.41) is 0.730. The van der Waals surface area contributed by atoms with E-state index in [-0.39, 0.29) is 0 Å². The fourth-order valence-corrected chi connectivity index (χ4v) is 4.96. The van der Waals surface area contributed by atoms with Gasteiger partial charge in [0.15, 0.2) is 5.82 Å². The van der Waals surface area contributed by atoms with E-state index in [1.54, 1.807) is 0 Å². The van der Waals surface area contributed by atoms with Gasteiger partial charge in [-0.15, -0.1) is 0 Å². The van der Waals surface area contributed by atoms with Crippen LogP contribution in [0.25, 0.3) is 11.4 Å². The van der Waals surface area contributed by atoms with Crippen molar-refractivity contribution < 1.29 is 4.74 Å². The number of hydrogen-bond donors (Lipinski definition) is 0. The predicted octanol–water partition coefficient (Wildman–Crippen LogP) is 3.59. The second-order valence-electron chi connectivity index (χ2n) is 8.05. The lowest BCUT2D eigenvalue weighted by atomic mass is 9.95. The van der Waals surface area contributed by atoms with Crippen molar-refractivity contribution in [2.45, 2.75) is 38.1 Å². The number of nitrogens with zero attached hydrogens (tertiary/aromatic N) is 4. The van der Waals surface area contributed by atoms with E-state index in [0.29, 0.717) is 6.04 Å². The summed E-state index contributed by atoms with van der Waals surface area (Å²) in [6.07, 6.45) is 5.80. The zero-order valence-electron chi connectivity index (χ0n) is 16.2. The van der Waals surface area contributed by atoms with Crippen molar-refractivity contribution >= 4 is 17.4 Å². The van der Waals surface area contributed by atoms with Crippen molar-refractivity contribution in [3.8, 4) is 11.4 Å². The normalized spacial score (nSPS) is 23.0. The molecule has 0 amide bonds. The molecule has 2 aromatic rings. The standard InChI is InChI=1S/C22H27ClN4O/c23-17-5-3-4-16(14-17)21-24-20-7-2-1-6-19(20)22(25-21)27-9-8-18(15-27)26-10-12-28-13-11-26/h3-5,14,18H,1-2,6-13,15H2. The fourth-order valence-electron chi connectivity index (χ4n) is 4.77. The van der Waals surface area contributed by atoms with Gasteiger partial charge in [0, 0.05) is 54.1 Å². The molecule has 148 valence electrons. The maximum atomic E-state index is 6.23. The molecule has 28 heavy (non-hydrogen) atoms. The Bertz CT molecular complexity index is 852. The summed E-state index contributed by atoms with van der Waals surface area (Å²) in [5.74, 6) is 1.98. The maximum Gasteiger partial charge on any atom is 0.161 e. The summed E-state index contributed by atoms with van der Waals surface area (Å²) in [6.45, 7) is 5.94. The topological polar surface area (TPSA) is 41.5 Å². The van der Waals surface area contributed by atoms with Crippen LogP contribution in [0.15, 0.2) is 24.3 Å². The Labute approximate surface area is 171 Å². The number of aryl methyl sites for hydroxylation is 1. The van der Waals surface area contributed by atoms with Crippen molar-refractivity contribution in [1.82, 2.24) is 14.9 Å². The lowest BCUT2D eigenvalue weighted by Crippen LogP contribution is -2.44. The van der Waals surface area contributed by atoms with E-state index in [9.17, 15) is 0 Å². The minimum absolute atomic E-state index is 0.604. The van der Waals surface area contributed by atoms with Gasteiger partial charge in [-0.05, 0) is 44.2 Å². The Kier molecular flexibility index (Phi) is 5.22. The Balaban J connectivity index is 1.47. The third-order valence-electron chi connectivity index (χ3n) is 6.27. The highest BCUT2D eigenvalue weighted by Crippen LogP contribution is 2.33. The molecule has 1 atom stereocenters. The third kappa shape index (κ3) is 3.63. The van der Waals surface area contributed by atoms with E-state index < -0.39 is 0 Å². The van der Waals surface area contributed by atoms with Crippen molar-refractivity contribution in [3.05, 3.63) is 40.5 Å². The van der Waals surface area contributed by atoms with Crippen LogP contribution < -0.4 is 4.90 Å². The van der Waals surface area contributed by atoms with Gasteiger partial charge in [-0.1, -0.05) is 23.7 Å². The summed E-state index contributed by atoms with van der Waals surface area (Å²) in [4.78, 5) is 15.1. The summed E-state index contributed by atoms with van der Waals surface area (Å²) in [7, 11) is 0. The molecule has 0 N–H and O–H groups in total. The first-order chi connectivity index (χ1) is 13.8. The largest absolute Gasteiger partial charge is 0.379 e. The monoisotopic (exact) mass is 398 g/mol. The summed E-state index contributed by atoms with van der Waals surface area (Å²) >= 11 is 6.23. The second kappa shape index (κ2) is 7.97. The number of anilines is 1. The molecule has 2 aliphatic heterocycles. The zero-order chi connectivity index (χ0) is 18.9. The summed E-state index contributed by atoms with van der Waals surface area (Å²) in [6, 6.07) is 8.51. The van der Waals surface area contributed by atoms with Gasteiger partial charge in [0.1, 0.15) is 5.82 Å². The number of fused-ring (bicyclic) bond motifs is 1. The minimum Gasteiger partial charge on any atom is -0.379 e. The highest BCUT2D eigenvalue weighted by molar-refractivity contribution is 6.30. The number of hydrogen-bond acceptors (Lipinski definition) is 5. The van der Waals surface area contributed by atoms with Crippen LogP contribution in [-0.4, -0.2) is 60.3 Å². The van der Waals surface area contributed by atoms with Gasteiger partial charge in [-0.3, -0.25) is 4.90 Å². The minimum atomic E-state index is 0.604. The van der Waals surface area contributed by atoms with E-state index in [4.69, 9.17) is 26.3 Å². The SMILES string of the molecule is Clc1cccc(-c2nc3c(c(N4CCC(N5CCOCC5)C4)n2)CCCC3)c1. The van der Waals surface area contributed by atoms with Gasteiger partial charge in [0.25, 0.3) is 0 Å². The van der Waals surface area contributed by atoms with Crippen LogP contribution in [-0.2, 0) is 17.6 Å². The molecule has 2 fully saturated rings. The van der Waals surface area contributed by atoms with Crippen molar-refractivity contribution in [3.63, 3.8) is 0 Å². The molecule has 2 saturated heterocycles. The predicted molar refractivity (Wildman–Crippen MR) is 112 cm³/mol. The average Bonchev–Trinajstić information content (AvgIpc) is 3.24. The fraction of sp³-hybridized carbons (Fsp3) is 0.545. The maximum absolute atomic E-state index is 6.23. The van der Waals surface area contributed by atoms with Gasteiger partial charge in [-0.2, -0.15) is 0 Å². The van der Waals surface area contributed by atoms with Gasteiger partial charge in [0.2, 0.25) is 0 Å². The lowest BCUT2D eigenvalue weighted by Gasteiger charge is -2.32. The molecule has 1 aliphatic carbocycles. The highest BCUT2D eigenvalue weighted by Gasteiger charge is 2.32. The summed E-state index contributed by atoms with van der Waals surface area (Å²) in [5.41, 5.74) is 3.62. The molecule has 0 saturated carbocycles. The molecule has 1 unspecified atom stereocenters. The van der Waals surface area contributed by atoms with Crippen LogP contribution in [0.4, 0.5) is 5.82 Å². The molecular weight excluding hydrogens is 372 g/mol. The Hall–Kier alpha value is -1.69. The Morgan fingerprint density at radius 2 is 1.89 bits per heavy atom. The highest BCUT2D eigenvalue weighted by atomic mass is 35.5. The van der Waals surface area contributed by atoms with E-state index in [1.807, 2.05) is 18.2 Å². The van der Waals surface area contributed by atoms with Crippen LogP contribution in [0.5, 0.6) is 0 Å². The van der Waals surface area contributed by atoms with E-state index in [1.165, 1.54) is 30.5 Å². The van der Waals surface area contributed by atoms with Crippen LogP contribution >= 0.6 is 11.6 Å². The Morgan fingerprint density at radius 3 is 2.75 bits per heavy atom. The lowest BCUT2D eigenvalue weighted by molar-refractivity contribution is 0.0209. The molecule has 3 heterocycles. The quantitative estimate of drug-likeness (QED) is 0.790. The molecule has 1 aromatic carbocycles. The van der Waals surface area contributed by atoms with Crippen LogP contribution in [0, 0.1) is 0 Å². The second-order valence-corrected chi connectivity index (χ2v) is 8.49. The van der Waals surface area contributed by atoms with Gasteiger partial charge < -0.3 is 9.64 Å². The molecule has 1 aromatic heterocycles. The van der Waals surface area contributed by atoms with Crippen LogP contribution in [0.3, 0.4) is 0 Å². The first kappa shape index (κ1) is 18.3. The van der Waals surface area contributed by atoms with Crippen molar-refractivity contribution in [2.24, 2.45) is 0 Å². The molecule has 3 aliphatic rings. The van der Waals surface area contributed by atoms with Gasteiger partial charge >= 0.3 is 0 Å². The molecule has 6 heteroatoms. The molecule has 5 nitrogen and oxygen atoms in total. The number of morpholine rings is 1. The summed E-state index contributed by atoms with van der Waals surface area (Å²) < 4.78 is 5.53. The average molecular weight is 399 g/mol. The van der Waals surface area contributed by atoms with E-state index in [2.05, 4.69) is 15.9 Å². The van der Waals surface area contributed by atoms with Gasteiger partial charge in [-0.25, -0.2) is 9.97 Å². The first-order valence-corrected chi connectivity index (χ1v) is 10.9. The molecule has 5 rings (SSSR count). The van der Waals surface area contributed by atoms with E-state index >= 15 is 0 Å². The van der Waals surface area contributed by atoms with Crippen molar-refractivity contribution in [2.75, 3.05) is 44.3 Å². The third-order valence-corrected chi connectivity index (χ3v) is 6.50. The molecule has 0 radical (unpaired) electrons. The zero-order valence-corrected chi connectivity index (χ0v) is 17.0. The van der Waals surface area contributed by atoms with Crippen LogP contribution in [0.1, 0.15) is 30.5 Å².